The number of halogens is 2. The topological polar surface area (TPSA) is 49.3 Å². The van der Waals surface area contributed by atoms with E-state index < -0.39 is 5.54 Å². The minimum atomic E-state index is -0.410. The number of alkyl halides is 1. The van der Waals surface area contributed by atoms with Crippen molar-refractivity contribution >= 4 is 40.1 Å². The second-order valence-corrected chi connectivity index (χ2v) is 5.75. The Hall–Kier alpha value is -0.490. The van der Waals surface area contributed by atoms with Crippen LogP contribution in [0.15, 0.2) is 18.2 Å². The maximum atomic E-state index is 12.2. The summed E-state index contributed by atoms with van der Waals surface area (Å²) in [6, 6.07) is 4.94. The van der Waals surface area contributed by atoms with Crippen molar-refractivity contribution in [2.75, 3.05) is 5.88 Å². The number of rotatable bonds is 5. The van der Waals surface area contributed by atoms with Crippen molar-refractivity contribution in [2.24, 2.45) is 0 Å². The maximum Gasteiger partial charge on any atom is 0.255 e. The molecule has 18 heavy (non-hydrogen) atoms. The van der Waals surface area contributed by atoms with Gasteiger partial charge in [0.15, 0.2) is 0 Å². The molecule has 1 rings (SSSR count). The van der Waals surface area contributed by atoms with Gasteiger partial charge in [0.25, 0.3) is 5.91 Å². The third kappa shape index (κ3) is 3.51. The van der Waals surface area contributed by atoms with Crippen LogP contribution < -0.4 is 5.32 Å². The Labute approximate surface area is 126 Å². The highest BCUT2D eigenvalue weighted by Gasteiger charge is 2.28. The van der Waals surface area contributed by atoms with E-state index in [1.807, 2.05) is 13.8 Å². The summed E-state index contributed by atoms with van der Waals surface area (Å²) in [6.07, 6.45) is 1.51. The molecule has 100 valence electrons. The van der Waals surface area contributed by atoms with E-state index in [4.69, 9.17) is 11.6 Å². The molecule has 0 aliphatic rings. The van der Waals surface area contributed by atoms with Gasteiger partial charge in [-0.25, -0.2) is 0 Å². The second kappa shape index (κ2) is 6.61. The van der Waals surface area contributed by atoms with Crippen molar-refractivity contribution < 1.29 is 9.90 Å². The summed E-state index contributed by atoms with van der Waals surface area (Å²) in [7, 11) is 0. The molecule has 0 aliphatic carbocycles. The number of phenols is 1. The lowest BCUT2D eigenvalue weighted by atomic mass is 9.94. The van der Waals surface area contributed by atoms with Crippen molar-refractivity contribution in [1.29, 1.82) is 0 Å². The second-order valence-electron chi connectivity index (χ2n) is 4.24. The van der Waals surface area contributed by atoms with Gasteiger partial charge in [-0.1, -0.05) is 13.8 Å². The number of hydrogen-bond acceptors (Lipinski definition) is 2. The fourth-order valence-corrected chi connectivity index (χ4v) is 2.58. The Morgan fingerprint density at radius 2 is 2.06 bits per heavy atom. The Morgan fingerprint density at radius 1 is 1.44 bits per heavy atom. The zero-order valence-electron chi connectivity index (χ0n) is 10.5. The largest absolute Gasteiger partial charge is 0.507 e. The molecule has 0 saturated carbocycles. The Morgan fingerprint density at radius 3 is 2.56 bits per heavy atom. The lowest BCUT2D eigenvalue weighted by molar-refractivity contribution is 0.0899. The van der Waals surface area contributed by atoms with Gasteiger partial charge in [-0.3, -0.25) is 4.79 Å². The highest BCUT2D eigenvalue weighted by atomic mass is 127. The number of carbonyl (C=O) groups excluding carboxylic acids is 1. The number of aromatic hydroxyl groups is 1. The van der Waals surface area contributed by atoms with Gasteiger partial charge < -0.3 is 10.4 Å². The molecule has 3 nitrogen and oxygen atoms in total. The van der Waals surface area contributed by atoms with Gasteiger partial charge in [-0.2, -0.15) is 0 Å². The molecule has 5 heteroatoms. The van der Waals surface area contributed by atoms with Crippen LogP contribution in [0.1, 0.15) is 37.0 Å². The van der Waals surface area contributed by atoms with Gasteiger partial charge in [-0.05, 0) is 53.6 Å². The zero-order valence-corrected chi connectivity index (χ0v) is 13.4. The number of nitrogens with one attached hydrogen (secondary N) is 1. The maximum absolute atomic E-state index is 12.2. The molecule has 0 fully saturated rings. The molecule has 0 aliphatic heterocycles. The van der Waals surface area contributed by atoms with E-state index in [0.717, 1.165) is 16.4 Å². The van der Waals surface area contributed by atoms with E-state index in [9.17, 15) is 9.90 Å². The highest BCUT2D eigenvalue weighted by Crippen LogP contribution is 2.23. The van der Waals surface area contributed by atoms with E-state index in [1.165, 1.54) is 6.07 Å². The lowest BCUT2D eigenvalue weighted by Crippen LogP contribution is -2.49. The van der Waals surface area contributed by atoms with Crippen LogP contribution in [-0.4, -0.2) is 22.4 Å². The van der Waals surface area contributed by atoms with Crippen LogP contribution in [0.5, 0.6) is 5.75 Å². The molecule has 0 saturated heterocycles. The zero-order chi connectivity index (χ0) is 13.8. The molecule has 2 N–H and O–H groups in total. The third-order valence-corrected chi connectivity index (χ3v) is 4.37. The summed E-state index contributed by atoms with van der Waals surface area (Å²) in [6.45, 7) is 3.97. The number of amides is 1. The molecule has 0 unspecified atom stereocenters. The van der Waals surface area contributed by atoms with Gasteiger partial charge >= 0.3 is 0 Å². The summed E-state index contributed by atoms with van der Waals surface area (Å²) in [5.74, 6) is 0.0649. The van der Waals surface area contributed by atoms with Crippen LogP contribution in [0.3, 0.4) is 0 Å². The number of phenolic OH excluding ortho intramolecular Hbond substituents is 1. The first-order chi connectivity index (χ1) is 8.48. The summed E-state index contributed by atoms with van der Waals surface area (Å²) in [5.41, 5.74) is -0.120. The number of hydrogen-bond donors (Lipinski definition) is 2. The van der Waals surface area contributed by atoms with E-state index in [2.05, 4.69) is 27.9 Å². The summed E-state index contributed by atoms with van der Waals surface area (Å²) in [4.78, 5) is 12.2. The molecule has 0 atom stereocenters. The molecular formula is C13H17ClINO2. The molecule has 0 heterocycles. The number of benzene rings is 1. The smallest absolute Gasteiger partial charge is 0.255 e. The molecule has 0 bridgehead atoms. The van der Waals surface area contributed by atoms with Crippen LogP contribution in [0.4, 0.5) is 0 Å². The van der Waals surface area contributed by atoms with E-state index in [0.29, 0.717) is 11.4 Å². The lowest BCUT2D eigenvalue weighted by Gasteiger charge is -2.30. The normalized spacial score (nSPS) is 11.3. The molecule has 0 radical (unpaired) electrons. The summed E-state index contributed by atoms with van der Waals surface area (Å²) >= 11 is 8.05. The van der Waals surface area contributed by atoms with Crippen molar-refractivity contribution in [3.8, 4) is 5.75 Å². The van der Waals surface area contributed by atoms with Crippen molar-refractivity contribution in [2.45, 2.75) is 32.2 Å². The summed E-state index contributed by atoms with van der Waals surface area (Å²) < 4.78 is 0.903. The highest BCUT2D eigenvalue weighted by molar-refractivity contribution is 14.1. The van der Waals surface area contributed by atoms with Crippen molar-refractivity contribution in [3.05, 3.63) is 27.3 Å². The van der Waals surface area contributed by atoms with E-state index in [1.54, 1.807) is 12.1 Å². The van der Waals surface area contributed by atoms with Gasteiger partial charge in [0.05, 0.1) is 11.1 Å². The minimum Gasteiger partial charge on any atom is -0.507 e. The molecule has 0 spiro atoms. The predicted octanol–water partition coefficient (Wildman–Crippen LogP) is 3.52. The quantitative estimate of drug-likeness (QED) is 0.605. The van der Waals surface area contributed by atoms with Crippen LogP contribution >= 0.6 is 34.2 Å². The van der Waals surface area contributed by atoms with Crippen LogP contribution in [0, 0.1) is 3.57 Å². The van der Waals surface area contributed by atoms with Crippen LogP contribution in [-0.2, 0) is 0 Å². The fourth-order valence-electron chi connectivity index (χ4n) is 1.65. The van der Waals surface area contributed by atoms with Crippen molar-refractivity contribution in [1.82, 2.24) is 5.32 Å². The minimum absolute atomic E-state index is 0.0106. The first-order valence-electron chi connectivity index (χ1n) is 5.85. The fraction of sp³-hybridized carbons (Fsp3) is 0.462. The van der Waals surface area contributed by atoms with Gasteiger partial charge in [0.1, 0.15) is 5.75 Å². The first kappa shape index (κ1) is 15.6. The van der Waals surface area contributed by atoms with Gasteiger partial charge in [-0.15, -0.1) is 11.6 Å². The molecular weight excluding hydrogens is 365 g/mol. The van der Waals surface area contributed by atoms with Gasteiger partial charge in [0.2, 0.25) is 0 Å². The van der Waals surface area contributed by atoms with Crippen LogP contribution in [0.2, 0.25) is 0 Å². The Kier molecular flexibility index (Phi) is 5.72. The predicted molar refractivity (Wildman–Crippen MR) is 82.3 cm³/mol. The first-order valence-corrected chi connectivity index (χ1v) is 7.46. The molecule has 0 aromatic heterocycles. The van der Waals surface area contributed by atoms with Crippen LogP contribution in [0.25, 0.3) is 0 Å². The summed E-state index contributed by atoms with van der Waals surface area (Å²) in [5, 5.41) is 12.7. The Bertz CT molecular complexity index is 425. The molecule has 1 amide bonds. The molecule has 1 aromatic rings. The van der Waals surface area contributed by atoms with Gasteiger partial charge in [0, 0.05) is 9.45 Å². The number of carbonyl (C=O) groups is 1. The molecule has 1 aromatic carbocycles. The SMILES string of the molecule is CCC(CC)(CCl)NC(=O)c1cc(I)ccc1O. The Balaban J connectivity index is 2.97. The van der Waals surface area contributed by atoms with E-state index >= 15 is 0 Å². The van der Waals surface area contributed by atoms with E-state index in [-0.39, 0.29) is 11.7 Å². The standard InChI is InChI=1S/C13H17ClINO2/c1-3-13(4-2,8-14)16-12(18)10-7-9(15)5-6-11(10)17/h5-7,17H,3-4,8H2,1-2H3,(H,16,18). The van der Waals surface area contributed by atoms with Crippen molar-refractivity contribution in [3.63, 3.8) is 0 Å². The monoisotopic (exact) mass is 381 g/mol. The average Bonchev–Trinajstić information content (AvgIpc) is 2.38. The third-order valence-electron chi connectivity index (χ3n) is 3.19. The average molecular weight is 382 g/mol.